The Labute approximate surface area is 151 Å². The standard InChI is InChI=1S/C21H17NO4/c1-25-18-9-7-15(8-10-18)19(23)20(16-5-3-2-4-6-16)26-21(24)17-11-13-22-14-12-17/h2-14,20H,1H3/t20-/m1/s1. The molecule has 3 aromatic rings. The van der Waals surface area contributed by atoms with Crippen molar-refractivity contribution in [1.82, 2.24) is 4.98 Å². The van der Waals surface area contributed by atoms with Gasteiger partial charge in [0.1, 0.15) is 5.75 Å². The molecule has 0 aliphatic rings. The van der Waals surface area contributed by atoms with E-state index in [1.807, 2.05) is 6.07 Å². The second-order valence-corrected chi connectivity index (χ2v) is 5.52. The van der Waals surface area contributed by atoms with Crippen LogP contribution in [-0.4, -0.2) is 23.8 Å². The van der Waals surface area contributed by atoms with Crippen molar-refractivity contribution in [2.75, 3.05) is 7.11 Å². The molecule has 0 aliphatic heterocycles. The zero-order valence-corrected chi connectivity index (χ0v) is 14.2. The van der Waals surface area contributed by atoms with Crippen LogP contribution in [-0.2, 0) is 4.74 Å². The van der Waals surface area contributed by atoms with Gasteiger partial charge in [0.05, 0.1) is 12.7 Å². The molecule has 5 nitrogen and oxygen atoms in total. The molecule has 2 aromatic carbocycles. The number of methoxy groups -OCH3 is 1. The number of Topliss-reactive ketones (excluding diaryl/α,β-unsaturated/α-hetero) is 1. The molecule has 0 amide bonds. The fourth-order valence-electron chi connectivity index (χ4n) is 2.47. The third-order valence-electron chi connectivity index (χ3n) is 3.86. The second kappa shape index (κ2) is 8.07. The van der Waals surface area contributed by atoms with Crippen molar-refractivity contribution in [3.63, 3.8) is 0 Å². The van der Waals surface area contributed by atoms with Crippen LogP contribution in [0.2, 0.25) is 0 Å². The van der Waals surface area contributed by atoms with Crippen molar-refractivity contribution >= 4 is 11.8 Å². The maximum atomic E-state index is 13.0. The van der Waals surface area contributed by atoms with Gasteiger partial charge in [-0.1, -0.05) is 30.3 Å². The first-order chi connectivity index (χ1) is 12.7. The molecule has 1 heterocycles. The monoisotopic (exact) mass is 347 g/mol. The Morgan fingerprint density at radius 2 is 1.50 bits per heavy atom. The van der Waals surface area contributed by atoms with E-state index in [0.29, 0.717) is 22.4 Å². The van der Waals surface area contributed by atoms with Gasteiger partial charge in [-0.3, -0.25) is 9.78 Å². The summed E-state index contributed by atoms with van der Waals surface area (Å²) in [5, 5.41) is 0. The molecule has 0 saturated carbocycles. The number of benzene rings is 2. The smallest absolute Gasteiger partial charge is 0.339 e. The number of ketones is 1. The van der Waals surface area contributed by atoms with E-state index >= 15 is 0 Å². The first kappa shape index (κ1) is 17.4. The molecule has 26 heavy (non-hydrogen) atoms. The molecule has 0 bridgehead atoms. The first-order valence-electron chi connectivity index (χ1n) is 8.03. The van der Waals surface area contributed by atoms with Crippen molar-refractivity contribution in [1.29, 1.82) is 0 Å². The van der Waals surface area contributed by atoms with E-state index < -0.39 is 12.1 Å². The van der Waals surface area contributed by atoms with E-state index in [-0.39, 0.29) is 5.78 Å². The normalized spacial score (nSPS) is 11.4. The summed E-state index contributed by atoms with van der Waals surface area (Å²) in [4.78, 5) is 29.3. The number of pyridine rings is 1. The maximum absolute atomic E-state index is 13.0. The molecule has 1 aromatic heterocycles. The first-order valence-corrected chi connectivity index (χ1v) is 8.03. The van der Waals surface area contributed by atoms with Gasteiger partial charge < -0.3 is 9.47 Å². The zero-order valence-electron chi connectivity index (χ0n) is 14.2. The summed E-state index contributed by atoms with van der Waals surface area (Å²) in [6, 6.07) is 18.7. The molecule has 0 fully saturated rings. The lowest BCUT2D eigenvalue weighted by Crippen LogP contribution is -2.20. The lowest BCUT2D eigenvalue weighted by Gasteiger charge is -2.17. The molecule has 0 unspecified atom stereocenters. The van der Waals surface area contributed by atoms with Crippen LogP contribution >= 0.6 is 0 Å². The molecule has 0 saturated heterocycles. The molecule has 1 atom stereocenters. The number of esters is 1. The van der Waals surface area contributed by atoms with Gasteiger partial charge in [0, 0.05) is 23.5 Å². The summed E-state index contributed by atoms with van der Waals surface area (Å²) < 4.78 is 10.7. The van der Waals surface area contributed by atoms with E-state index in [4.69, 9.17) is 9.47 Å². The van der Waals surface area contributed by atoms with Gasteiger partial charge in [-0.2, -0.15) is 0 Å². The van der Waals surface area contributed by atoms with Crippen LogP contribution < -0.4 is 4.74 Å². The number of rotatable bonds is 6. The Morgan fingerprint density at radius 1 is 0.846 bits per heavy atom. The summed E-state index contributed by atoms with van der Waals surface area (Å²) in [5.74, 6) is -0.240. The zero-order chi connectivity index (χ0) is 18.4. The van der Waals surface area contributed by atoms with Gasteiger partial charge in [0.25, 0.3) is 0 Å². The van der Waals surface area contributed by atoms with Gasteiger partial charge in [0.2, 0.25) is 5.78 Å². The van der Waals surface area contributed by atoms with Crippen LogP contribution in [0.5, 0.6) is 5.75 Å². The van der Waals surface area contributed by atoms with Gasteiger partial charge in [-0.05, 0) is 36.4 Å². The van der Waals surface area contributed by atoms with E-state index in [1.165, 1.54) is 12.4 Å². The molecule has 0 spiro atoms. The summed E-state index contributed by atoms with van der Waals surface area (Å²) >= 11 is 0. The van der Waals surface area contributed by atoms with Gasteiger partial charge in [-0.15, -0.1) is 0 Å². The highest BCUT2D eigenvalue weighted by molar-refractivity contribution is 6.02. The number of carbonyl (C=O) groups is 2. The maximum Gasteiger partial charge on any atom is 0.339 e. The Hall–Kier alpha value is -3.47. The predicted octanol–water partition coefficient (Wildman–Crippen LogP) is 3.87. The summed E-state index contributed by atoms with van der Waals surface area (Å²) in [6.45, 7) is 0. The highest BCUT2D eigenvalue weighted by atomic mass is 16.5. The Kier molecular flexibility index (Phi) is 5.39. The molecular weight excluding hydrogens is 330 g/mol. The van der Waals surface area contributed by atoms with Crippen LogP contribution in [0.1, 0.15) is 32.4 Å². The number of nitrogens with zero attached hydrogens (tertiary/aromatic N) is 1. The largest absolute Gasteiger partial charge is 0.497 e. The van der Waals surface area contributed by atoms with Gasteiger partial charge >= 0.3 is 5.97 Å². The number of carbonyl (C=O) groups excluding carboxylic acids is 2. The third kappa shape index (κ3) is 3.95. The molecule has 5 heteroatoms. The van der Waals surface area contributed by atoms with E-state index in [2.05, 4.69) is 4.98 Å². The van der Waals surface area contributed by atoms with Crippen molar-refractivity contribution in [3.05, 3.63) is 95.8 Å². The highest BCUT2D eigenvalue weighted by Crippen LogP contribution is 2.25. The average molecular weight is 347 g/mol. The lowest BCUT2D eigenvalue weighted by atomic mass is 9.99. The molecule has 0 radical (unpaired) electrons. The average Bonchev–Trinajstić information content (AvgIpc) is 2.72. The number of hydrogen-bond donors (Lipinski definition) is 0. The van der Waals surface area contributed by atoms with Gasteiger partial charge in [0.15, 0.2) is 6.10 Å². The number of aromatic nitrogens is 1. The second-order valence-electron chi connectivity index (χ2n) is 5.52. The van der Waals surface area contributed by atoms with E-state index in [9.17, 15) is 9.59 Å². The predicted molar refractivity (Wildman–Crippen MR) is 96.2 cm³/mol. The molecular formula is C21H17NO4. The molecule has 3 rings (SSSR count). The summed E-state index contributed by atoms with van der Waals surface area (Å²) in [7, 11) is 1.56. The topological polar surface area (TPSA) is 65.5 Å². The van der Waals surface area contributed by atoms with Crippen molar-refractivity contribution in [2.24, 2.45) is 0 Å². The Bertz CT molecular complexity index is 877. The highest BCUT2D eigenvalue weighted by Gasteiger charge is 2.26. The van der Waals surface area contributed by atoms with Crippen LogP contribution in [0.4, 0.5) is 0 Å². The minimum absolute atomic E-state index is 0.304. The quantitative estimate of drug-likeness (QED) is 0.500. The Balaban J connectivity index is 1.90. The number of ether oxygens (including phenoxy) is 2. The lowest BCUT2D eigenvalue weighted by molar-refractivity contribution is 0.0280. The Morgan fingerprint density at radius 3 is 2.12 bits per heavy atom. The number of hydrogen-bond acceptors (Lipinski definition) is 5. The molecule has 130 valence electrons. The van der Waals surface area contributed by atoms with Crippen molar-refractivity contribution in [3.8, 4) is 5.75 Å². The fraction of sp³-hybridized carbons (Fsp3) is 0.0952. The van der Waals surface area contributed by atoms with Crippen LogP contribution in [0.15, 0.2) is 79.1 Å². The molecule has 0 aliphatic carbocycles. The van der Waals surface area contributed by atoms with Crippen LogP contribution in [0, 0.1) is 0 Å². The van der Waals surface area contributed by atoms with Crippen LogP contribution in [0.25, 0.3) is 0 Å². The molecule has 0 N–H and O–H groups in total. The SMILES string of the molecule is COc1ccc(C(=O)[C@H](OC(=O)c2ccncc2)c2ccccc2)cc1. The van der Waals surface area contributed by atoms with E-state index in [0.717, 1.165) is 0 Å². The van der Waals surface area contributed by atoms with Crippen LogP contribution in [0.3, 0.4) is 0 Å². The van der Waals surface area contributed by atoms with Crippen molar-refractivity contribution < 1.29 is 19.1 Å². The van der Waals surface area contributed by atoms with Crippen molar-refractivity contribution in [2.45, 2.75) is 6.10 Å². The summed E-state index contributed by atoms with van der Waals surface area (Å²) in [5.41, 5.74) is 1.38. The minimum Gasteiger partial charge on any atom is -0.497 e. The minimum atomic E-state index is -1.04. The third-order valence-corrected chi connectivity index (χ3v) is 3.86. The fourth-order valence-corrected chi connectivity index (χ4v) is 2.47. The van der Waals surface area contributed by atoms with E-state index in [1.54, 1.807) is 67.8 Å². The summed E-state index contributed by atoms with van der Waals surface area (Å²) in [6.07, 6.45) is 1.96. The van der Waals surface area contributed by atoms with Gasteiger partial charge in [-0.25, -0.2) is 4.79 Å².